The standard InChI is InChI=1S/C29H31N2O2/c1-20-10-14-22(15-11-20)33(23-16-12-21(30)13-17-23)29-19-18-26(24-6-2-3-7-25(24)29)31-27-8-4-5-9-28(27)32/h2-3,6-7,10-19,27-28,31-32H,4-5,8-9,30H2,1H3/q+1. The fourth-order valence-electron chi connectivity index (χ4n) is 4.72. The number of aryl methyl sites for hydroxylation is 1. The Kier molecular flexibility index (Phi) is 5.93. The zero-order chi connectivity index (χ0) is 22.8. The molecule has 1 fully saturated rings. The van der Waals surface area contributed by atoms with Gasteiger partial charge in [0.05, 0.1) is 17.5 Å². The average Bonchev–Trinajstić information content (AvgIpc) is 2.84. The van der Waals surface area contributed by atoms with Crippen molar-refractivity contribution in [2.75, 3.05) is 11.1 Å². The minimum Gasteiger partial charge on any atom is -0.498 e. The van der Waals surface area contributed by atoms with Crippen molar-refractivity contribution < 1.29 is 9.47 Å². The second-order valence-corrected chi connectivity index (χ2v) is 8.95. The number of nitrogens with one attached hydrogen (secondary N) is 1. The summed E-state index contributed by atoms with van der Waals surface area (Å²) in [5.41, 5.74) is 8.99. The van der Waals surface area contributed by atoms with Gasteiger partial charge in [-0.3, -0.25) is 0 Å². The topological polar surface area (TPSA) is 61.0 Å². The van der Waals surface area contributed by atoms with Crippen molar-refractivity contribution in [1.82, 2.24) is 0 Å². The van der Waals surface area contributed by atoms with Crippen molar-refractivity contribution in [2.45, 2.75) is 44.8 Å². The van der Waals surface area contributed by atoms with Crippen LogP contribution in [0.25, 0.3) is 10.8 Å². The number of hydrogen-bond donors (Lipinski definition) is 3. The molecule has 5 rings (SSSR count). The smallest absolute Gasteiger partial charge is 0.275 e. The van der Waals surface area contributed by atoms with E-state index in [2.05, 4.69) is 77.3 Å². The third-order valence-electron chi connectivity index (χ3n) is 6.55. The molecule has 1 aliphatic rings. The highest BCUT2D eigenvalue weighted by Crippen LogP contribution is 2.44. The van der Waals surface area contributed by atoms with Crippen molar-refractivity contribution in [3.8, 4) is 17.2 Å². The molecule has 0 saturated heterocycles. The molecular weight excluding hydrogens is 408 g/mol. The predicted octanol–water partition coefficient (Wildman–Crippen LogP) is 7.19. The van der Waals surface area contributed by atoms with E-state index in [9.17, 15) is 5.11 Å². The quantitative estimate of drug-likeness (QED) is 0.228. The van der Waals surface area contributed by atoms with Crippen LogP contribution in [0.3, 0.4) is 0 Å². The van der Waals surface area contributed by atoms with Gasteiger partial charge in [0, 0.05) is 47.1 Å². The molecule has 0 heterocycles. The van der Waals surface area contributed by atoms with E-state index in [0.717, 1.165) is 65.1 Å². The first kappa shape index (κ1) is 21.4. The average molecular weight is 440 g/mol. The van der Waals surface area contributed by atoms with Gasteiger partial charge in [-0.05, 0) is 44.0 Å². The van der Waals surface area contributed by atoms with Crippen LogP contribution in [0.2, 0.25) is 0 Å². The van der Waals surface area contributed by atoms with Crippen LogP contribution in [0.15, 0.2) is 84.9 Å². The molecule has 1 aliphatic carbocycles. The van der Waals surface area contributed by atoms with E-state index >= 15 is 0 Å². The molecule has 0 amide bonds. The van der Waals surface area contributed by atoms with Crippen LogP contribution in [-0.2, 0) is 0 Å². The molecule has 4 nitrogen and oxygen atoms in total. The van der Waals surface area contributed by atoms with E-state index in [-0.39, 0.29) is 12.1 Å². The van der Waals surface area contributed by atoms with Gasteiger partial charge in [-0.2, -0.15) is 0 Å². The van der Waals surface area contributed by atoms with Gasteiger partial charge in [0.25, 0.3) is 17.2 Å². The van der Waals surface area contributed by atoms with Gasteiger partial charge >= 0.3 is 0 Å². The van der Waals surface area contributed by atoms with E-state index in [1.807, 2.05) is 24.3 Å². The van der Waals surface area contributed by atoms with Gasteiger partial charge in [0.1, 0.15) is 0 Å². The van der Waals surface area contributed by atoms with Crippen LogP contribution in [0.4, 0.5) is 11.4 Å². The van der Waals surface area contributed by atoms with E-state index in [4.69, 9.17) is 5.73 Å². The lowest BCUT2D eigenvalue weighted by Gasteiger charge is -2.30. The first-order chi connectivity index (χ1) is 16.1. The predicted molar refractivity (Wildman–Crippen MR) is 137 cm³/mol. The van der Waals surface area contributed by atoms with Crippen LogP contribution < -0.4 is 15.4 Å². The van der Waals surface area contributed by atoms with E-state index < -0.39 is 0 Å². The molecule has 168 valence electrons. The van der Waals surface area contributed by atoms with E-state index in [0.29, 0.717) is 0 Å². The number of aliphatic hydroxyl groups excluding tert-OH is 1. The molecule has 2 unspecified atom stereocenters. The normalized spacial score (nSPS) is 18.2. The Bertz CT molecular complexity index is 1190. The maximum atomic E-state index is 10.5. The molecule has 4 heteroatoms. The van der Waals surface area contributed by atoms with Gasteiger partial charge in [-0.1, -0.05) is 48.7 Å². The largest absolute Gasteiger partial charge is 0.498 e. The number of nitrogens with two attached hydrogens (primary N) is 1. The van der Waals surface area contributed by atoms with Gasteiger partial charge in [-0.25, -0.2) is 0 Å². The second kappa shape index (κ2) is 9.16. The van der Waals surface area contributed by atoms with E-state index in [1.165, 1.54) is 5.56 Å². The summed E-state index contributed by atoms with van der Waals surface area (Å²) in [4.78, 5) is 0. The Labute approximate surface area is 195 Å². The molecule has 0 aliphatic heterocycles. The van der Waals surface area contributed by atoms with Crippen molar-refractivity contribution in [3.05, 3.63) is 90.5 Å². The molecule has 4 aromatic carbocycles. The number of fused-ring (bicyclic) bond motifs is 1. The van der Waals surface area contributed by atoms with E-state index in [1.54, 1.807) is 0 Å². The Morgan fingerprint density at radius 3 is 2.12 bits per heavy atom. The number of benzene rings is 4. The number of aliphatic hydroxyl groups is 1. The molecule has 4 N–H and O–H groups in total. The third kappa shape index (κ3) is 4.39. The highest BCUT2D eigenvalue weighted by atomic mass is 16.7. The van der Waals surface area contributed by atoms with Crippen LogP contribution in [0.1, 0.15) is 31.2 Å². The van der Waals surface area contributed by atoms with Crippen molar-refractivity contribution >= 4 is 22.1 Å². The lowest BCUT2D eigenvalue weighted by atomic mass is 9.92. The summed E-state index contributed by atoms with van der Waals surface area (Å²) in [6, 6.07) is 29.2. The lowest BCUT2D eigenvalue weighted by Crippen LogP contribution is -2.36. The number of nitrogen functional groups attached to an aromatic ring is 1. The number of rotatable bonds is 5. The minimum atomic E-state index is -0.301. The fourth-order valence-corrected chi connectivity index (χ4v) is 4.72. The van der Waals surface area contributed by atoms with Crippen LogP contribution >= 0.6 is 0 Å². The lowest BCUT2D eigenvalue weighted by molar-refractivity contribution is 0.116. The second-order valence-electron chi connectivity index (χ2n) is 8.95. The SMILES string of the molecule is Cc1ccc([O+](c2ccc(N)cc2)c2ccc(NC3CCCCC3O)c3ccccc23)cc1. The molecule has 1 saturated carbocycles. The van der Waals surface area contributed by atoms with Crippen molar-refractivity contribution in [1.29, 1.82) is 0 Å². The number of anilines is 2. The third-order valence-corrected chi connectivity index (χ3v) is 6.55. The van der Waals surface area contributed by atoms with Crippen molar-refractivity contribution in [2.24, 2.45) is 0 Å². The van der Waals surface area contributed by atoms with Crippen LogP contribution in [-0.4, -0.2) is 17.3 Å². The summed E-state index contributed by atoms with van der Waals surface area (Å²) in [5, 5.41) is 16.4. The highest BCUT2D eigenvalue weighted by molar-refractivity contribution is 5.98. The highest BCUT2D eigenvalue weighted by Gasteiger charge is 2.26. The Morgan fingerprint density at radius 2 is 1.42 bits per heavy atom. The molecular formula is C29H31N2O2+. The van der Waals surface area contributed by atoms with Gasteiger partial charge in [0.2, 0.25) is 0 Å². The van der Waals surface area contributed by atoms with Crippen molar-refractivity contribution in [3.63, 3.8) is 0 Å². The van der Waals surface area contributed by atoms with Crippen LogP contribution in [0.5, 0.6) is 17.2 Å². The summed E-state index contributed by atoms with van der Waals surface area (Å²) < 4.78 is 3.37. The Morgan fingerprint density at radius 1 is 0.788 bits per heavy atom. The molecule has 0 bridgehead atoms. The zero-order valence-electron chi connectivity index (χ0n) is 19.0. The van der Waals surface area contributed by atoms with Gasteiger partial charge < -0.3 is 20.5 Å². The molecule has 4 aromatic rings. The maximum Gasteiger partial charge on any atom is 0.275 e. The minimum absolute atomic E-state index is 0.0889. The summed E-state index contributed by atoms with van der Waals surface area (Å²) in [6.45, 7) is 2.09. The maximum absolute atomic E-state index is 10.5. The molecule has 2 atom stereocenters. The van der Waals surface area contributed by atoms with Gasteiger partial charge in [0.15, 0.2) is 0 Å². The summed E-state index contributed by atoms with van der Waals surface area (Å²) in [7, 11) is 0. The molecule has 0 spiro atoms. The monoisotopic (exact) mass is 439 g/mol. The van der Waals surface area contributed by atoms with Gasteiger partial charge in [-0.15, -0.1) is 0 Å². The molecule has 0 aromatic heterocycles. The molecule has 0 radical (unpaired) electrons. The summed E-state index contributed by atoms with van der Waals surface area (Å²) in [5.74, 6) is 3.01. The fraction of sp³-hybridized carbons (Fsp3) is 0.241. The summed E-state index contributed by atoms with van der Waals surface area (Å²) >= 11 is 0. The zero-order valence-corrected chi connectivity index (χ0v) is 19.0. The first-order valence-electron chi connectivity index (χ1n) is 11.7. The Balaban J connectivity index is 1.63. The molecule has 33 heavy (non-hydrogen) atoms. The number of hydrogen-bond acceptors (Lipinski definition) is 3. The summed E-state index contributed by atoms with van der Waals surface area (Å²) in [6.07, 6.45) is 3.81. The van der Waals surface area contributed by atoms with Crippen LogP contribution in [0, 0.1) is 6.92 Å². The first-order valence-corrected chi connectivity index (χ1v) is 11.7. The Hall–Kier alpha value is -3.50.